The van der Waals surface area contributed by atoms with Crippen molar-refractivity contribution in [3.8, 4) is 0 Å². The van der Waals surface area contributed by atoms with Gasteiger partial charge in [0, 0.05) is 25.7 Å². The molecule has 0 fully saturated rings. The fourth-order valence-corrected chi connectivity index (χ4v) is 13.4. The van der Waals surface area contributed by atoms with E-state index in [1.807, 2.05) is 0 Å². The Morgan fingerprint density at radius 1 is 0.281 bits per heavy atom. The van der Waals surface area contributed by atoms with E-state index in [0.717, 1.165) is 102 Å². The molecule has 0 aliphatic rings. The quantitative estimate of drug-likeness (QED) is 0.0222. The van der Waals surface area contributed by atoms with Gasteiger partial charge in [0.05, 0.1) is 26.4 Å². The van der Waals surface area contributed by atoms with Gasteiger partial charge in [0.25, 0.3) is 0 Å². The molecule has 3 N–H and O–H groups in total. The Morgan fingerprint density at radius 2 is 0.479 bits per heavy atom. The highest BCUT2D eigenvalue weighted by molar-refractivity contribution is 7.47. The Bertz CT molecular complexity index is 1860. The van der Waals surface area contributed by atoms with E-state index in [0.29, 0.717) is 31.6 Å². The fraction of sp³-hybridized carbons (Fsp3) is 0.948. The van der Waals surface area contributed by atoms with E-state index in [9.17, 15) is 43.2 Å². The molecule has 0 saturated carbocycles. The fourth-order valence-electron chi connectivity index (χ4n) is 11.8. The summed E-state index contributed by atoms with van der Waals surface area (Å²) in [6.45, 7) is 9.53. The van der Waals surface area contributed by atoms with Gasteiger partial charge in [0.1, 0.15) is 19.3 Å². The van der Waals surface area contributed by atoms with Crippen LogP contribution < -0.4 is 0 Å². The number of phosphoric acid groups is 2. The molecular formula is C77H150O17P2. The summed E-state index contributed by atoms with van der Waals surface area (Å²) in [6, 6.07) is 0. The number of rotatable bonds is 76. The van der Waals surface area contributed by atoms with Crippen molar-refractivity contribution in [1.82, 2.24) is 0 Å². The second kappa shape index (κ2) is 68.8. The van der Waals surface area contributed by atoms with Crippen LogP contribution in [0.15, 0.2) is 0 Å². The molecule has 570 valence electrons. The van der Waals surface area contributed by atoms with Crippen LogP contribution in [0, 0.1) is 11.8 Å². The summed E-state index contributed by atoms with van der Waals surface area (Å²) in [4.78, 5) is 72.7. The first kappa shape index (κ1) is 94.1. The van der Waals surface area contributed by atoms with Crippen molar-refractivity contribution in [3.05, 3.63) is 0 Å². The summed E-state index contributed by atoms with van der Waals surface area (Å²) in [5.74, 6) is -0.638. The molecule has 0 aromatic heterocycles. The zero-order valence-corrected chi connectivity index (χ0v) is 64.5. The smallest absolute Gasteiger partial charge is 0.462 e. The molecule has 0 aromatic carbocycles. The molecule has 96 heavy (non-hydrogen) atoms. The van der Waals surface area contributed by atoms with Gasteiger partial charge in [-0.1, -0.05) is 350 Å². The van der Waals surface area contributed by atoms with Gasteiger partial charge in [-0.15, -0.1) is 0 Å². The van der Waals surface area contributed by atoms with Crippen LogP contribution in [0.25, 0.3) is 0 Å². The Morgan fingerprint density at radius 3 is 0.708 bits per heavy atom. The number of carbonyl (C=O) groups excluding carboxylic acids is 4. The average molecular weight is 1410 g/mol. The van der Waals surface area contributed by atoms with E-state index < -0.39 is 97.5 Å². The highest BCUT2D eigenvalue weighted by Gasteiger charge is 2.30. The van der Waals surface area contributed by atoms with Crippen LogP contribution in [0.3, 0.4) is 0 Å². The van der Waals surface area contributed by atoms with Crippen LogP contribution in [-0.4, -0.2) is 96.7 Å². The Kier molecular flexibility index (Phi) is 67.4. The lowest BCUT2D eigenvalue weighted by Gasteiger charge is -2.21. The number of ether oxygens (including phenoxy) is 4. The molecule has 0 rings (SSSR count). The number of aliphatic hydroxyl groups is 1. The van der Waals surface area contributed by atoms with Crippen molar-refractivity contribution in [1.29, 1.82) is 0 Å². The highest BCUT2D eigenvalue weighted by atomic mass is 31.2. The van der Waals surface area contributed by atoms with Crippen LogP contribution in [0.4, 0.5) is 0 Å². The minimum Gasteiger partial charge on any atom is -0.462 e. The van der Waals surface area contributed by atoms with Crippen LogP contribution >= 0.6 is 15.6 Å². The number of esters is 4. The largest absolute Gasteiger partial charge is 0.472 e. The standard InChI is InChI=1S/C77H150O17P2/c1-7-9-11-13-15-17-19-20-21-22-23-24-25-26-31-34-38-42-50-56-62-77(82)93-72(65-87-74(79)59-53-47-40-37-33-30-28-27-29-32-35-39-45-51-57-69(3)4)67-91-95(83,84)89-63-71(78)64-90-96(85,86)92-68-73(66-88-75(80)60-54-48-44-43-46-52-58-70(5)6)94-76(81)61-55-49-41-36-18-16-14-12-10-8-2/h69-73,78H,7-68H2,1-6H3,(H,83,84)(H,85,86)/t71-,72-,73-/m1/s1. The molecule has 0 saturated heterocycles. The summed E-state index contributed by atoms with van der Waals surface area (Å²) >= 11 is 0. The summed E-state index contributed by atoms with van der Waals surface area (Å²) in [6.07, 6.45) is 57.1. The van der Waals surface area contributed by atoms with Crippen LogP contribution in [0.1, 0.15) is 401 Å². The van der Waals surface area contributed by atoms with Crippen molar-refractivity contribution in [2.45, 2.75) is 419 Å². The molecule has 19 heteroatoms. The Balaban J connectivity index is 5.19. The normalized spacial score (nSPS) is 14.0. The first-order chi connectivity index (χ1) is 46.4. The molecule has 0 aliphatic heterocycles. The average Bonchev–Trinajstić information content (AvgIpc) is 1.03. The molecule has 17 nitrogen and oxygen atoms in total. The molecule has 0 amide bonds. The van der Waals surface area contributed by atoms with Crippen LogP contribution in [-0.2, 0) is 65.4 Å². The highest BCUT2D eigenvalue weighted by Crippen LogP contribution is 2.45. The van der Waals surface area contributed by atoms with Crippen molar-refractivity contribution in [2.24, 2.45) is 11.8 Å². The lowest BCUT2D eigenvalue weighted by molar-refractivity contribution is -0.161. The van der Waals surface area contributed by atoms with E-state index in [2.05, 4.69) is 41.5 Å². The van der Waals surface area contributed by atoms with Crippen molar-refractivity contribution in [2.75, 3.05) is 39.6 Å². The topological polar surface area (TPSA) is 237 Å². The van der Waals surface area contributed by atoms with E-state index >= 15 is 0 Å². The predicted octanol–water partition coefficient (Wildman–Crippen LogP) is 22.7. The zero-order valence-electron chi connectivity index (χ0n) is 62.7. The van der Waals surface area contributed by atoms with Gasteiger partial charge >= 0.3 is 39.5 Å². The third-order valence-electron chi connectivity index (χ3n) is 18.0. The monoisotopic (exact) mass is 1410 g/mol. The third kappa shape index (κ3) is 70.5. The molecule has 2 unspecified atom stereocenters. The summed E-state index contributed by atoms with van der Waals surface area (Å²) in [5.41, 5.74) is 0. The number of aliphatic hydroxyl groups excluding tert-OH is 1. The molecule has 0 spiro atoms. The molecule has 0 heterocycles. The van der Waals surface area contributed by atoms with Gasteiger partial charge in [0.15, 0.2) is 12.2 Å². The zero-order chi connectivity index (χ0) is 70.7. The van der Waals surface area contributed by atoms with Crippen molar-refractivity contribution in [3.63, 3.8) is 0 Å². The molecule has 0 bridgehead atoms. The number of hydrogen-bond donors (Lipinski definition) is 3. The Hall–Kier alpha value is -1.94. The van der Waals surface area contributed by atoms with Gasteiger partial charge in [-0.25, -0.2) is 9.13 Å². The molecule has 0 aliphatic carbocycles. The lowest BCUT2D eigenvalue weighted by Crippen LogP contribution is -2.30. The molecule has 0 radical (unpaired) electrons. The van der Waals surface area contributed by atoms with Gasteiger partial charge in [-0.3, -0.25) is 37.3 Å². The number of phosphoric ester groups is 2. The first-order valence-electron chi connectivity index (χ1n) is 40.0. The minimum absolute atomic E-state index is 0.106. The number of carbonyl (C=O) groups is 4. The van der Waals surface area contributed by atoms with Crippen molar-refractivity contribution >= 4 is 39.5 Å². The summed E-state index contributed by atoms with van der Waals surface area (Å²) < 4.78 is 68.5. The third-order valence-corrected chi connectivity index (χ3v) is 19.9. The van der Waals surface area contributed by atoms with Gasteiger partial charge in [0.2, 0.25) is 0 Å². The maximum Gasteiger partial charge on any atom is 0.472 e. The van der Waals surface area contributed by atoms with E-state index in [-0.39, 0.29) is 25.7 Å². The SMILES string of the molecule is CCCCCCCCCCCCCCCCCCCCCCC(=O)O[C@H](COC(=O)CCCCCCCCCCCCCCCCC(C)C)COP(=O)(O)OC[C@@H](O)COP(=O)(O)OC[C@@H](COC(=O)CCCCCCCCC(C)C)OC(=O)CCCCCCCCCCCC. The van der Waals surface area contributed by atoms with E-state index in [4.69, 9.17) is 37.0 Å². The van der Waals surface area contributed by atoms with E-state index in [1.54, 1.807) is 0 Å². The minimum atomic E-state index is -4.96. The van der Waals surface area contributed by atoms with Gasteiger partial charge < -0.3 is 33.8 Å². The summed E-state index contributed by atoms with van der Waals surface area (Å²) in [7, 11) is -9.91. The van der Waals surface area contributed by atoms with Crippen LogP contribution in [0.2, 0.25) is 0 Å². The maximum absolute atomic E-state index is 13.1. The predicted molar refractivity (Wildman–Crippen MR) is 391 cm³/mol. The van der Waals surface area contributed by atoms with Gasteiger partial charge in [-0.05, 0) is 37.5 Å². The molecular weight excluding hydrogens is 1260 g/mol. The second-order valence-corrected chi connectivity index (χ2v) is 31.6. The maximum atomic E-state index is 13.1. The Labute approximate surface area is 588 Å². The lowest BCUT2D eigenvalue weighted by atomic mass is 10.0. The second-order valence-electron chi connectivity index (χ2n) is 28.7. The van der Waals surface area contributed by atoms with Crippen molar-refractivity contribution < 1.29 is 80.2 Å². The number of unbranched alkanes of at least 4 members (excludes halogenated alkanes) is 46. The molecule has 5 atom stereocenters. The van der Waals surface area contributed by atoms with E-state index in [1.165, 1.54) is 212 Å². The number of hydrogen-bond acceptors (Lipinski definition) is 15. The summed E-state index contributed by atoms with van der Waals surface area (Å²) in [5, 5.41) is 10.6. The van der Waals surface area contributed by atoms with Crippen LogP contribution in [0.5, 0.6) is 0 Å². The first-order valence-corrected chi connectivity index (χ1v) is 43.0. The van der Waals surface area contributed by atoms with Gasteiger partial charge in [-0.2, -0.15) is 0 Å². The molecule has 0 aromatic rings.